The van der Waals surface area contributed by atoms with Crippen molar-refractivity contribution < 1.29 is 18.7 Å². The third-order valence-electron chi connectivity index (χ3n) is 2.56. The minimum atomic E-state index is -0.657. The van der Waals surface area contributed by atoms with Gasteiger partial charge in [0.25, 0.3) is 0 Å². The van der Waals surface area contributed by atoms with E-state index in [0.29, 0.717) is 17.6 Å². The Morgan fingerprint density at radius 3 is 2.55 bits per heavy atom. The molecule has 0 bridgehead atoms. The van der Waals surface area contributed by atoms with Crippen LogP contribution in [-0.4, -0.2) is 13.4 Å². The molecule has 5 heteroatoms. The van der Waals surface area contributed by atoms with Gasteiger partial charge in [0, 0.05) is 11.6 Å². The molecule has 20 heavy (non-hydrogen) atoms. The van der Waals surface area contributed by atoms with Crippen LogP contribution < -0.4 is 9.47 Å². The second-order valence-corrected chi connectivity index (χ2v) is 3.92. The topological polar surface area (TPSA) is 59.3 Å². The van der Waals surface area contributed by atoms with Gasteiger partial charge in [-0.25, -0.2) is 4.39 Å². The Kier molecular flexibility index (Phi) is 3.96. The maximum Gasteiger partial charge on any atom is 0.166 e. The molecule has 2 aromatic carbocycles. The van der Waals surface area contributed by atoms with Crippen molar-refractivity contribution in [1.82, 2.24) is 0 Å². The Morgan fingerprint density at radius 2 is 1.95 bits per heavy atom. The van der Waals surface area contributed by atoms with E-state index in [1.165, 1.54) is 31.4 Å². The van der Waals surface area contributed by atoms with Crippen molar-refractivity contribution in [3.63, 3.8) is 0 Å². The van der Waals surface area contributed by atoms with E-state index in [1.807, 2.05) is 6.07 Å². The maximum atomic E-state index is 13.7. The minimum Gasteiger partial charge on any atom is -0.497 e. The number of hydrogen-bond donors (Lipinski definition) is 0. The zero-order chi connectivity index (χ0) is 14.5. The summed E-state index contributed by atoms with van der Waals surface area (Å²) in [5, 5.41) is 8.90. The second kappa shape index (κ2) is 5.85. The monoisotopic (exact) mass is 271 g/mol. The summed E-state index contributed by atoms with van der Waals surface area (Å²) >= 11 is 0. The molecule has 0 N–H and O–H groups in total. The van der Waals surface area contributed by atoms with Gasteiger partial charge in [0.2, 0.25) is 0 Å². The summed E-state index contributed by atoms with van der Waals surface area (Å²) < 4.78 is 24.1. The number of nitrogens with zero attached hydrogens (tertiary/aromatic N) is 1. The molecule has 2 rings (SSSR count). The summed E-state index contributed by atoms with van der Waals surface area (Å²) in [6.45, 7) is 0. The van der Waals surface area contributed by atoms with Crippen molar-refractivity contribution >= 4 is 6.29 Å². The Hall–Kier alpha value is -2.87. The van der Waals surface area contributed by atoms with Gasteiger partial charge >= 0.3 is 0 Å². The SMILES string of the molecule is COc1cc(C#N)cc(Oc2ccc(C=O)cc2F)c1. The van der Waals surface area contributed by atoms with Crippen LogP contribution in [0.5, 0.6) is 17.2 Å². The molecule has 0 saturated carbocycles. The third kappa shape index (κ3) is 2.93. The number of benzene rings is 2. The fraction of sp³-hybridized carbons (Fsp3) is 0.0667. The van der Waals surface area contributed by atoms with Gasteiger partial charge in [-0.2, -0.15) is 5.26 Å². The summed E-state index contributed by atoms with van der Waals surface area (Å²) in [5.74, 6) is 0.0197. The molecule has 0 aliphatic rings. The first-order chi connectivity index (χ1) is 9.66. The van der Waals surface area contributed by atoms with E-state index in [0.717, 1.165) is 6.07 Å². The zero-order valence-electron chi connectivity index (χ0n) is 10.6. The number of nitriles is 1. The van der Waals surface area contributed by atoms with Crippen LogP contribution in [0.15, 0.2) is 36.4 Å². The molecule has 100 valence electrons. The van der Waals surface area contributed by atoms with Gasteiger partial charge in [-0.05, 0) is 30.3 Å². The predicted octanol–water partition coefficient (Wildman–Crippen LogP) is 3.31. The number of methoxy groups -OCH3 is 1. The van der Waals surface area contributed by atoms with Crippen LogP contribution in [0, 0.1) is 17.1 Å². The Balaban J connectivity index is 2.34. The van der Waals surface area contributed by atoms with Crippen LogP contribution in [0.2, 0.25) is 0 Å². The lowest BCUT2D eigenvalue weighted by molar-refractivity contribution is 0.112. The molecule has 0 aliphatic heterocycles. The molecule has 2 aromatic rings. The van der Waals surface area contributed by atoms with Crippen LogP contribution in [-0.2, 0) is 0 Å². The van der Waals surface area contributed by atoms with Crippen LogP contribution in [0.1, 0.15) is 15.9 Å². The highest BCUT2D eigenvalue weighted by Crippen LogP contribution is 2.29. The van der Waals surface area contributed by atoms with E-state index in [4.69, 9.17) is 14.7 Å². The molecule has 0 heterocycles. The minimum absolute atomic E-state index is 0.0345. The molecule has 0 spiro atoms. The number of carbonyl (C=O) groups is 1. The van der Waals surface area contributed by atoms with Gasteiger partial charge in [-0.15, -0.1) is 0 Å². The molecule has 4 nitrogen and oxygen atoms in total. The molecular formula is C15H10FNO3. The Morgan fingerprint density at radius 1 is 1.20 bits per heavy atom. The van der Waals surface area contributed by atoms with Crippen molar-refractivity contribution in [1.29, 1.82) is 5.26 Å². The van der Waals surface area contributed by atoms with Crippen molar-refractivity contribution in [2.24, 2.45) is 0 Å². The number of halogens is 1. The lowest BCUT2D eigenvalue weighted by Crippen LogP contribution is -1.92. The van der Waals surface area contributed by atoms with E-state index < -0.39 is 5.82 Å². The Bertz CT molecular complexity index is 692. The van der Waals surface area contributed by atoms with Crippen molar-refractivity contribution in [3.05, 3.63) is 53.3 Å². The van der Waals surface area contributed by atoms with Crippen LogP contribution in [0.3, 0.4) is 0 Å². The van der Waals surface area contributed by atoms with E-state index in [-0.39, 0.29) is 17.1 Å². The van der Waals surface area contributed by atoms with Crippen molar-refractivity contribution in [2.45, 2.75) is 0 Å². The van der Waals surface area contributed by atoms with Gasteiger partial charge in [0.15, 0.2) is 11.6 Å². The first-order valence-electron chi connectivity index (χ1n) is 5.68. The summed E-state index contributed by atoms with van der Waals surface area (Å²) in [7, 11) is 1.46. The number of rotatable bonds is 4. The van der Waals surface area contributed by atoms with Gasteiger partial charge in [-0.3, -0.25) is 4.79 Å². The smallest absolute Gasteiger partial charge is 0.166 e. The first kappa shape index (κ1) is 13.6. The van der Waals surface area contributed by atoms with Gasteiger partial charge in [-0.1, -0.05) is 0 Å². The molecule has 0 unspecified atom stereocenters. The largest absolute Gasteiger partial charge is 0.497 e. The second-order valence-electron chi connectivity index (χ2n) is 3.92. The third-order valence-corrected chi connectivity index (χ3v) is 2.56. The summed E-state index contributed by atoms with van der Waals surface area (Å²) in [6.07, 6.45) is 0.548. The van der Waals surface area contributed by atoms with Gasteiger partial charge < -0.3 is 9.47 Å². The first-order valence-corrected chi connectivity index (χ1v) is 5.68. The van der Waals surface area contributed by atoms with Crippen LogP contribution >= 0.6 is 0 Å². The highest BCUT2D eigenvalue weighted by molar-refractivity contribution is 5.75. The normalized spacial score (nSPS) is 9.65. The fourth-order valence-electron chi connectivity index (χ4n) is 1.61. The molecule has 0 aliphatic carbocycles. The predicted molar refractivity (Wildman–Crippen MR) is 69.6 cm³/mol. The zero-order valence-corrected chi connectivity index (χ0v) is 10.6. The van der Waals surface area contributed by atoms with Crippen molar-refractivity contribution in [2.75, 3.05) is 7.11 Å². The molecule has 0 fully saturated rings. The van der Waals surface area contributed by atoms with E-state index in [2.05, 4.69) is 0 Å². The molecule has 0 amide bonds. The lowest BCUT2D eigenvalue weighted by Gasteiger charge is -2.09. The summed E-state index contributed by atoms with van der Waals surface area (Å²) in [4.78, 5) is 10.5. The van der Waals surface area contributed by atoms with Gasteiger partial charge in [0.05, 0.1) is 18.7 Å². The van der Waals surface area contributed by atoms with E-state index >= 15 is 0 Å². The average molecular weight is 271 g/mol. The quantitative estimate of drug-likeness (QED) is 0.800. The Labute approximate surface area is 115 Å². The number of hydrogen-bond acceptors (Lipinski definition) is 4. The summed E-state index contributed by atoms with van der Waals surface area (Å²) in [5.41, 5.74) is 0.558. The van der Waals surface area contributed by atoms with Gasteiger partial charge in [0.1, 0.15) is 17.8 Å². The molecule has 0 atom stereocenters. The van der Waals surface area contributed by atoms with Crippen LogP contribution in [0.4, 0.5) is 4.39 Å². The van der Waals surface area contributed by atoms with E-state index in [9.17, 15) is 9.18 Å². The number of aldehydes is 1. The molecule has 0 radical (unpaired) electrons. The number of carbonyl (C=O) groups excluding carboxylic acids is 1. The fourth-order valence-corrected chi connectivity index (χ4v) is 1.61. The number of ether oxygens (including phenoxy) is 2. The molecular weight excluding hydrogens is 261 g/mol. The molecule has 0 saturated heterocycles. The summed E-state index contributed by atoms with van der Waals surface area (Å²) in [6, 6.07) is 10.4. The highest BCUT2D eigenvalue weighted by atomic mass is 19.1. The highest BCUT2D eigenvalue weighted by Gasteiger charge is 2.08. The average Bonchev–Trinajstić information content (AvgIpc) is 2.48. The lowest BCUT2D eigenvalue weighted by atomic mass is 10.2. The molecule has 0 aromatic heterocycles. The maximum absolute atomic E-state index is 13.7. The van der Waals surface area contributed by atoms with E-state index in [1.54, 1.807) is 6.07 Å². The van der Waals surface area contributed by atoms with Crippen molar-refractivity contribution in [3.8, 4) is 23.3 Å². The van der Waals surface area contributed by atoms with Crippen LogP contribution in [0.25, 0.3) is 0 Å². The standard InChI is InChI=1S/C15H10FNO3/c1-19-12-4-11(8-17)5-13(7-12)20-15-3-2-10(9-18)6-14(15)16/h2-7,9H,1H3.